The van der Waals surface area contributed by atoms with E-state index in [-0.39, 0.29) is 36.5 Å². The third-order valence-electron chi connectivity index (χ3n) is 8.29. The second-order valence-corrected chi connectivity index (χ2v) is 11.5. The van der Waals surface area contributed by atoms with Crippen LogP contribution in [-0.2, 0) is 30.4 Å². The standard InChI is InChI=1S/C33H47N3O6/c1-23-30(20-36-18-8-11-29(36)22-40-3)41-33(42-32(23)26-15-13-25(21-37)14-16-26)27-9-7-10-28(19-27)35-31(39)12-5-4-6-17-34-24(2)38/h7,9-10,13-16,19,23,29-30,32-33,37H,4-6,8,11-12,17-18,20-22H2,1-3H3,(H,34,38)(H,35,39)/t23-,29-,30+,32+,33+/m0/s1. The highest BCUT2D eigenvalue weighted by Gasteiger charge is 2.40. The number of carbonyl (C=O) groups is 2. The number of amides is 2. The number of likely N-dealkylation sites (tertiary alicyclic amines) is 1. The molecule has 0 aromatic heterocycles. The van der Waals surface area contributed by atoms with Crippen molar-refractivity contribution in [2.75, 3.05) is 38.7 Å². The lowest BCUT2D eigenvalue weighted by atomic mass is 9.90. The predicted molar refractivity (Wildman–Crippen MR) is 162 cm³/mol. The average Bonchev–Trinajstić information content (AvgIpc) is 3.42. The number of hydrogen-bond donors (Lipinski definition) is 3. The highest BCUT2D eigenvalue weighted by atomic mass is 16.7. The summed E-state index contributed by atoms with van der Waals surface area (Å²) in [4.78, 5) is 26.1. The number of aliphatic hydroxyl groups excluding tert-OH is 1. The van der Waals surface area contributed by atoms with Crippen molar-refractivity contribution < 1.29 is 28.9 Å². The molecule has 2 aromatic carbocycles. The van der Waals surface area contributed by atoms with Gasteiger partial charge in [0.2, 0.25) is 11.8 Å². The summed E-state index contributed by atoms with van der Waals surface area (Å²) in [5.41, 5.74) is 3.48. The molecule has 2 saturated heterocycles. The molecule has 2 amide bonds. The molecular formula is C33H47N3O6. The zero-order valence-electron chi connectivity index (χ0n) is 25.2. The Morgan fingerprint density at radius 1 is 1.07 bits per heavy atom. The number of nitrogens with one attached hydrogen (secondary N) is 2. The fraction of sp³-hybridized carbons (Fsp3) is 0.576. The minimum Gasteiger partial charge on any atom is -0.392 e. The molecule has 2 heterocycles. The van der Waals surface area contributed by atoms with E-state index in [1.165, 1.54) is 6.92 Å². The Kier molecular flexibility index (Phi) is 12.3. The van der Waals surface area contributed by atoms with Crippen molar-refractivity contribution in [1.29, 1.82) is 0 Å². The SMILES string of the molecule is COC[C@@H]1CCCN1C[C@H]1O[C@@H](c2cccc(NC(=O)CCCCCNC(C)=O)c2)O[C@@H](c2ccc(CO)cc2)[C@H]1C. The van der Waals surface area contributed by atoms with Gasteiger partial charge in [-0.05, 0) is 55.5 Å². The van der Waals surface area contributed by atoms with Crippen molar-refractivity contribution in [2.45, 2.75) is 83.5 Å². The smallest absolute Gasteiger partial charge is 0.224 e. The third-order valence-corrected chi connectivity index (χ3v) is 8.29. The lowest BCUT2D eigenvalue weighted by Gasteiger charge is -2.43. The number of hydrogen-bond acceptors (Lipinski definition) is 7. The Hall–Kier alpha value is -2.82. The van der Waals surface area contributed by atoms with Gasteiger partial charge in [0.15, 0.2) is 6.29 Å². The summed E-state index contributed by atoms with van der Waals surface area (Å²) in [6.07, 6.45) is 4.33. The molecule has 0 unspecified atom stereocenters. The summed E-state index contributed by atoms with van der Waals surface area (Å²) in [7, 11) is 1.76. The molecule has 230 valence electrons. The van der Waals surface area contributed by atoms with Gasteiger partial charge in [0, 0.05) is 56.8 Å². The Bertz CT molecular complexity index is 1140. The molecular weight excluding hydrogens is 534 g/mol. The summed E-state index contributed by atoms with van der Waals surface area (Å²) < 4.78 is 18.8. The lowest BCUT2D eigenvalue weighted by Crippen LogP contribution is -2.46. The largest absolute Gasteiger partial charge is 0.392 e. The van der Waals surface area contributed by atoms with Gasteiger partial charge in [-0.2, -0.15) is 0 Å². The molecule has 9 heteroatoms. The van der Waals surface area contributed by atoms with Crippen LogP contribution in [0.4, 0.5) is 5.69 Å². The molecule has 9 nitrogen and oxygen atoms in total. The fourth-order valence-corrected chi connectivity index (χ4v) is 5.91. The topological polar surface area (TPSA) is 109 Å². The van der Waals surface area contributed by atoms with Gasteiger partial charge < -0.3 is 30.0 Å². The van der Waals surface area contributed by atoms with Gasteiger partial charge in [0.25, 0.3) is 0 Å². The van der Waals surface area contributed by atoms with Crippen molar-refractivity contribution in [1.82, 2.24) is 10.2 Å². The van der Waals surface area contributed by atoms with Crippen LogP contribution in [0.25, 0.3) is 0 Å². The van der Waals surface area contributed by atoms with Crippen LogP contribution in [0, 0.1) is 5.92 Å². The Morgan fingerprint density at radius 2 is 1.88 bits per heavy atom. The maximum absolute atomic E-state index is 12.6. The maximum Gasteiger partial charge on any atom is 0.224 e. The number of rotatable bonds is 14. The van der Waals surface area contributed by atoms with Crippen LogP contribution in [0.15, 0.2) is 48.5 Å². The Balaban J connectivity index is 1.44. The van der Waals surface area contributed by atoms with E-state index in [9.17, 15) is 14.7 Å². The van der Waals surface area contributed by atoms with Crippen molar-refractivity contribution in [3.63, 3.8) is 0 Å². The molecule has 2 aliphatic heterocycles. The normalized spacial score (nSPS) is 24.4. The maximum atomic E-state index is 12.6. The molecule has 0 aliphatic carbocycles. The first kappa shape index (κ1) is 32.1. The third kappa shape index (κ3) is 9.09. The van der Waals surface area contributed by atoms with E-state index in [1.54, 1.807) is 7.11 Å². The quantitative estimate of drug-likeness (QED) is 0.277. The van der Waals surface area contributed by atoms with Crippen LogP contribution in [0.3, 0.4) is 0 Å². The highest BCUT2D eigenvalue weighted by molar-refractivity contribution is 5.90. The van der Waals surface area contributed by atoms with Gasteiger partial charge in [-0.25, -0.2) is 0 Å². The number of methoxy groups -OCH3 is 1. The minimum atomic E-state index is -0.595. The van der Waals surface area contributed by atoms with Crippen molar-refractivity contribution in [2.24, 2.45) is 5.92 Å². The van der Waals surface area contributed by atoms with Crippen LogP contribution in [-0.4, -0.2) is 67.3 Å². The van der Waals surface area contributed by atoms with E-state index >= 15 is 0 Å². The van der Waals surface area contributed by atoms with E-state index in [1.807, 2.05) is 48.5 Å². The average molecular weight is 582 g/mol. The van der Waals surface area contributed by atoms with Crippen LogP contribution in [0.2, 0.25) is 0 Å². The second kappa shape index (κ2) is 16.1. The summed E-state index contributed by atoms with van der Waals surface area (Å²) in [5.74, 6) is 0.0267. The van der Waals surface area contributed by atoms with Crippen molar-refractivity contribution >= 4 is 17.5 Å². The van der Waals surface area contributed by atoms with Crippen LogP contribution < -0.4 is 10.6 Å². The zero-order valence-corrected chi connectivity index (χ0v) is 25.2. The number of ether oxygens (including phenoxy) is 3. The summed E-state index contributed by atoms with van der Waals surface area (Å²) in [6, 6.07) is 16.0. The Labute approximate surface area is 249 Å². The molecule has 0 radical (unpaired) electrons. The molecule has 2 aliphatic rings. The van der Waals surface area contributed by atoms with E-state index in [2.05, 4.69) is 22.5 Å². The zero-order chi connectivity index (χ0) is 29.9. The van der Waals surface area contributed by atoms with Crippen LogP contribution in [0.5, 0.6) is 0 Å². The number of benzene rings is 2. The van der Waals surface area contributed by atoms with Gasteiger partial charge in [-0.3, -0.25) is 14.5 Å². The number of unbranched alkanes of at least 4 members (excludes halogenated alkanes) is 2. The van der Waals surface area contributed by atoms with E-state index < -0.39 is 6.29 Å². The number of nitrogens with zero attached hydrogens (tertiary/aromatic N) is 1. The first-order valence-corrected chi connectivity index (χ1v) is 15.3. The molecule has 3 N–H and O–H groups in total. The van der Waals surface area contributed by atoms with E-state index in [4.69, 9.17) is 14.2 Å². The van der Waals surface area contributed by atoms with Gasteiger partial charge in [0.05, 0.1) is 25.4 Å². The summed E-state index contributed by atoms with van der Waals surface area (Å²) >= 11 is 0. The number of anilines is 1. The predicted octanol–water partition coefficient (Wildman–Crippen LogP) is 4.72. The van der Waals surface area contributed by atoms with Gasteiger partial charge in [0.1, 0.15) is 0 Å². The minimum absolute atomic E-state index is 0.00114. The Morgan fingerprint density at radius 3 is 2.62 bits per heavy atom. The molecule has 0 spiro atoms. The molecule has 2 fully saturated rings. The van der Waals surface area contributed by atoms with Gasteiger partial charge in [-0.1, -0.05) is 49.7 Å². The molecule has 0 saturated carbocycles. The first-order valence-electron chi connectivity index (χ1n) is 15.3. The monoisotopic (exact) mass is 581 g/mol. The lowest BCUT2D eigenvalue weighted by molar-refractivity contribution is -0.276. The highest BCUT2D eigenvalue weighted by Crippen LogP contribution is 2.42. The summed E-state index contributed by atoms with van der Waals surface area (Å²) in [5, 5.41) is 15.3. The summed E-state index contributed by atoms with van der Waals surface area (Å²) in [6.45, 7) is 6.85. The van der Waals surface area contributed by atoms with Gasteiger partial charge in [-0.15, -0.1) is 0 Å². The molecule has 0 bridgehead atoms. The van der Waals surface area contributed by atoms with Crippen molar-refractivity contribution in [3.8, 4) is 0 Å². The van der Waals surface area contributed by atoms with Gasteiger partial charge >= 0.3 is 0 Å². The van der Waals surface area contributed by atoms with Crippen molar-refractivity contribution in [3.05, 3.63) is 65.2 Å². The fourth-order valence-electron chi connectivity index (χ4n) is 5.91. The number of aliphatic hydroxyl groups is 1. The van der Waals surface area contributed by atoms with E-state index in [0.717, 1.165) is 61.9 Å². The molecule has 4 rings (SSSR count). The first-order chi connectivity index (χ1) is 20.4. The van der Waals surface area contributed by atoms with E-state index in [0.29, 0.717) is 31.3 Å². The number of carbonyl (C=O) groups excluding carboxylic acids is 2. The molecule has 2 aromatic rings. The van der Waals surface area contributed by atoms with Crippen LogP contribution >= 0.6 is 0 Å². The second-order valence-electron chi connectivity index (χ2n) is 11.5. The van der Waals surface area contributed by atoms with Crippen LogP contribution in [0.1, 0.15) is 81.5 Å². The molecule has 5 atom stereocenters. The molecule has 42 heavy (non-hydrogen) atoms.